The first-order valence-corrected chi connectivity index (χ1v) is 9.77. The molecule has 2 aliphatic rings. The van der Waals surface area contributed by atoms with Gasteiger partial charge in [0.2, 0.25) is 5.91 Å². The van der Waals surface area contributed by atoms with Gasteiger partial charge in [-0.3, -0.25) is 9.59 Å². The number of hydrogen-bond acceptors (Lipinski definition) is 3. The van der Waals surface area contributed by atoms with Crippen LogP contribution in [0.5, 0.6) is 5.75 Å². The Morgan fingerprint density at radius 2 is 1.73 bits per heavy atom. The predicted octanol–water partition coefficient (Wildman–Crippen LogP) is 4.03. The molecular weight excluding hydrogens is 330 g/mol. The first-order chi connectivity index (χ1) is 12.6. The molecule has 0 bridgehead atoms. The standard InChI is InChI=1S/C21H29NO4/c1-26-18-11-9-15(10-12-18)19-8-3-2-4-13-22(19)20(23)16-6-5-7-17(14-16)21(24)25/h9-12,16-17,19H,2-8,13-14H2,1H3,(H,24,25). The molecule has 26 heavy (non-hydrogen) atoms. The zero-order valence-electron chi connectivity index (χ0n) is 15.5. The van der Waals surface area contributed by atoms with Crippen molar-refractivity contribution in [2.24, 2.45) is 11.8 Å². The average molecular weight is 359 g/mol. The van der Waals surface area contributed by atoms with Gasteiger partial charge in [-0.1, -0.05) is 31.4 Å². The second-order valence-electron chi connectivity index (χ2n) is 7.57. The van der Waals surface area contributed by atoms with Gasteiger partial charge in [0, 0.05) is 12.5 Å². The van der Waals surface area contributed by atoms with E-state index >= 15 is 0 Å². The highest BCUT2D eigenvalue weighted by Crippen LogP contribution is 2.36. The monoisotopic (exact) mass is 359 g/mol. The number of amides is 1. The van der Waals surface area contributed by atoms with E-state index in [1.165, 1.54) is 0 Å². The SMILES string of the molecule is COc1ccc(C2CCCCCN2C(=O)C2CCCC(C(=O)O)C2)cc1. The minimum absolute atomic E-state index is 0.0844. The molecule has 1 aromatic carbocycles. The van der Waals surface area contributed by atoms with Crippen LogP contribution in [0.25, 0.3) is 0 Å². The van der Waals surface area contributed by atoms with E-state index < -0.39 is 5.97 Å². The van der Waals surface area contributed by atoms with Crippen molar-refractivity contribution in [3.05, 3.63) is 29.8 Å². The van der Waals surface area contributed by atoms with Crippen molar-refractivity contribution in [2.75, 3.05) is 13.7 Å². The topological polar surface area (TPSA) is 66.8 Å². The van der Waals surface area contributed by atoms with E-state index in [-0.39, 0.29) is 23.8 Å². The van der Waals surface area contributed by atoms with E-state index in [0.717, 1.165) is 56.4 Å². The lowest BCUT2D eigenvalue weighted by molar-refractivity contribution is -0.146. The Hall–Kier alpha value is -2.04. The molecule has 1 aliphatic heterocycles. The summed E-state index contributed by atoms with van der Waals surface area (Å²) >= 11 is 0. The molecule has 1 saturated carbocycles. The van der Waals surface area contributed by atoms with Crippen molar-refractivity contribution in [3.8, 4) is 5.75 Å². The number of carbonyl (C=O) groups is 2. The number of likely N-dealkylation sites (tertiary alicyclic amines) is 1. The van der Waals surface area contributed by atoms with E-state index in [9.17, 15) is 14.7 Å². The summed E-state index contributed by atoms with van der Waals surface area (Å²) in [7, 11) is 1.65. The van der Waals surface area contributed by atoms with Crippen molar-refractivity contribution >= 4 is 11.9 Å². The second-order valence-corrected chi connectivity index (χ2v) is 7.57. The molecule has 1 aliphatic carbocycles. The Kier molecular flexibility index (Phi) is 6.17. The molecule has 1 amide bonds. The summed E-state index contributed by atoms with van der Waals surface area (Å²) in [6.45, 7) is 0.768. The Balaban J connectivity index is 1.79. The third-order valence-corrected chi connectivity index (χ3v) is 5.91. The summed E-state index contributed by atoms with van der Waals surface area (Å²) < 4.78 is 5.25. The van der Waals surface area contributed by atoms with Gasteiger partial charge in [-0.2, -0.15) is 0 Å². The molecule has 1 N–H and O–H groups in total. The Morgan fingerprint density at radius 1 is 1.00 bits per heavy atom. The number of carboxylic acids is 1. The van der Waals surface area contributed by atoms with Gasteiger partial charge in [-0.05, 0) is 49.8 Å². The highest BCUT2D eigenvalue weighted by Gasteiger charge is 2.36. The van der Waals surface area contributed by atoms with E-state index in [0.29, 0.717) is 12.8 Å². The highest BCUT2D eigenvalue weighted by molar-refractivity contribution is 5.81. The highest BCUT2D eigenvalue weighted by atomic mass is 16.5. The Morgan fingerprint density at radius 3 is 2.42 bits per heavy atom. The molecule has 1 heterocycles. The summed E-state index contributed by atoms with van der Waals surface area (Å²) in [4.78, 5) is 26.7. The fourth-order valence-corrected chi connectivity index (χ4v) is 4.42. The molecule has 0 spiro atoms. The van der Waals surface area contributed by atoms with Crippen LogP contribution in [0.4, 0.5) is 0 Å². The van der Waals surface area contributed by atoms with Gasteiger partial charge in [0.15, 0.2) is 0 Å². The van der Waals surface area contributed by atoms with Gasteiger partial charge in [0.25, 0.3) is 0 Å². The third kappa shape index (κ3) is 4.19. The zero-order valence-corrected chi connectivity index (χ0v) is 15.5. The summed E-state index contributed by atoms with van der Waals surface area (Å²) in [5, 5.41) is 9.34. The largest absolute Gasteiger partial charge is 0.497 e. The lowest BCUT2D eigenvalue weighted by Gasteiger charge is -2.35. The van der Waals surface area contributed by atoms with Crippen LogP contribution in [0.1, 0.15) is 63.0 Å². The molecule has 142 valence electrons. The number of aliphatic carboxylic acids is 1. The van der Waals surface area contributed by atoms with Crippen LogP contribution >= 0.6 is 0 Å². The number of nitrogens with zero attached hydrogens (tertiary/aromatic N) is 1. The quantitative estimate of drug-likeness (QED) is 0.881. The number of methoxy groups -OCH3 is 1. The zero-order chi connectivity index (χ0) is 18.5. The molecule has 0 radical (unpaired) electrons. The summed E-state index contributed by atoms with van der Waals surface area (Å²) in [6.07, 6.45) is 7.06. The van der Waals surface area contributed by atoms with Crippen LogP contribution in [0.3, 0.4) is 0 Å². The normalized spacial score (nSPS) is 26.8. The number of carboxylic acid groups (broad SMARTS) is 1. The van der Waals surface area contributed by atoms with Crippen molar-refractivity contribution in [2.45, 2.75) is 57.4 Å². The Bertz CT molecular complexity index is 627. The number of benzene rings is 1. The minimum atomic E-state index is -0.759. The van der Waals surface area contributed by atoms with Crippen LogP contribution in [0.15, 0.2) is 24.3 Å². The minimum Gasteiger partial charge on any atom is -0.497 e. The molecular formula is C21H29NO4. The van der Waals surface area contributed by atoms with Gasteiger partial charge in [-0.15, -0.1) is 0 Å². The average Bonchev–Trinajstić information content (AvgIpc) is 2.93. The molecule has 3 rings (SSSR count). The number of rotatable bonds is 4. The maximum absolute atomic E-state index is 13.3. The van der Waals surface area contributed by atoms with Crippen molar-refractivity contribution in [1.29, 1.82) is 0 Å². The number of hydrogen-bond donors (Lipinski definition) is 1. The molecule has 3 unspecified atom stereocenters. The van der Waals surface area contributed by atoms with Gasteiger partial charge in [0.1, 0.15) is 5.75 Å². The van der Waals surface area contributed by atoms with E-state index in [1.807, 2.05) is 17.0 Å². The van der Waals surface area contributed by atoms with Crippen LogP contribution in [0.2, 0.25) is 0 Å². The third-order valence-electron chi connectivity index (χ3n) is 5.91. The van der Waals surface area contributed by atoms with E-state index in [2.05, 4.69) is 12.1 Å². The fraction of sp³-hybridized carbons (Fsp3) is 0.619. The summed E-state index contributed by atoms with van der Waals surface area (Å²) in [6, 6.07) is 8.08. The summed E-state index contributed by atoms with van der Waals surface area (Å²) in [5.41, 5.74) is 1.15. The maximum atomic E-state index is 13.3. The van der Waals surface area contributed by atoms with Gasteiger partial charge >= 0.3 is 5.97 Å². The van der Waals surface area contributed by atoms with Gasteiger partial charge < -0.3 is 14.7 Å². The number of ether oxygens (including phenoxy) is 1. The fourth-order valence-electron chi connectivity index (χ4n) is 4.42. The smallest absolute Gasteiger partial charge is 0.306 e. The molecule has 5 nitrogen and oxygen atoms in total. The Labute approximate surface area is 155 Å². The van der Waals surface area contributed by atoms with Crippen molar-refractivity contribution in [1.82, 2.24) is 4.90 Å². The van der Waals surface area contributed by atoms with Crippen molar-refractivity contribution in [3.63, 3.8) is 0 Å². The molecule has 1 saturated heterocycles. The molecule has 2 fully saturated rings. The molecule has 5 heteroatoms. The lowest BCUT2D eigenvalue weighted by Crippen LogP contribution is -2.41. The first-order valence-electron chi connectivity index (χ1n) is 9.77. The molecule has 3 atom stereocenters. The van der Waals surface area contributed by atoms with Crippen LogP contribution < -0.4 is 4.74 Å². The first kappa shape index (κ1) is 18.7. The summed E-state index contributed by atoms with van der Waals surface area (Å²) in [5.74, 6) is -0.312. The molecule has 0 aromatic heterocycles. The van der Waals surface area contributed by atoms with E-state index in [1.54, 1.807) is 7.11 Å². The second kappa shape index (κ2) is 8.56. The molecule has 1 aromatic rings. The van der Waals surface area contributed by atoms with Crippen LogP contribution in [-0.2, 0) is 9.59 Å². The van der Waals surface area contributed by atoms with Gasteiger partial charge in [0.05, 0.1) is 19.1 Å². The maximum Gasteiger partial charge on any atom is 0.306 e. The van der Waals surface area contributed by atoms with Gasteiger partial charge in [-0.25, -0.2) is 0 Å². The van der Waals surface area contributed by atoms with Crippen molar-refractivity contribution < 1.29 is 19.4 Å². The predicted molar refractivity (Wildman–Crippen MR) is 99.0 cm³/mol. The van der Waals surface area contributed by atoms with Crippen LogP contribution in [-0.4, -0.2) is 35.5 Å². The number of carbonyl (C=O) groups excluding carboxylic acids is 1. The lowest BCUT2D eigenvalue weighted by atomic mass is 9.80. The van der Waals surface area contributed by atoms with E-state index in [4.69, 9.17) is 4.74 Å². The van der Waals surface area contributed by atoms with Crippen LogP contribution in [0, 0.1) is 11.8 Å².